The summed E-state index contributed by atoms with van der Waals surface area (Å²) in [5, 5.41) is 5.05. The average molecular weight is 723 g/mol. The summed E-state index contributed by atoms with van der Waals surface area (Å²) in [6.45, 7) is 0. The smallest absolute Gasteiger partial charge is 0.0726 e. The quantitative estimate of drug-likeness (QED) is 0.172. The fourth-order valence-electron chi connectivity index (χ4n) is 10.6. The van der Waals surface area contributed by atoms with E-state index in [-0.39, 0.29) is 0 Å². The normalized spacial score (nSPS) is 13.4. The van der Waals surface area contributed by atoms with Crippen LogP contribution in [0.4, 0.5) is 0 Å². The molecule has 2 aromatic heterocycles. The summed E-state index contributed by atoms with van der Waals surface area (Å²) in [5.74, 6) is 0. The molecule has 2 nitrogen and oxygen atoms in total. The molecule has 13 rings (SSSR count). The lowest BCUT2D eigenvalue weighted by Gasteiger charge is -2.30. The highest BCUT2D eigenvalue weighted by atomic mass is 15.0. The summed E-state index contributed by atoms with van der Waals surface area (Å²) in [6, 6.07) is 76.7. The molecule has 264 valence electrons. The van der Waals surface area contributed by atoms with Crippen molar-refractivity contribution in [2.45, 2.75) is 5.41 Å². The lowest BCUT2D eigenvalue weighted by molar-refractivity contribution is 0.794. The van der Waals surface area contributed by atoms with Crippen LogP contribution < -0.4 is 0 Å². The summed E-state index contributed by atoms with van der Waals surface area (Å²) >= 11 is 0. The maximum atomic E-state index is 2.53. The molecule has 2 heterocycles. The molecule has 0 radical (unpaired) electrons. The van der Waals surface area contributed by atoms with Crippen molar-refractivity contribution >= 4 is 43.6 Å². The van der Waals surface area contributed by atoms with Crippen molar-refractivity contribution in [2.24, 2.45) is 0 Å². The SMILES string of the molecule is c1ccc(-n2c3ccccc3c3cc(-c4ccc5c6cc7c(cc6n(-c6ccccc6)c5c4)C4(c5ccccc5-c5ccccc54)c4ccccc4-7)ccc32)cc1. The van der Waals surface area contributed by atoms with Crippen LogP contribution in [-0.4, -0.2) is 9.13 Å². The van der Waals surface area contributed by atoms with E-state index in [0.717, 1.165) is 5.69 Å². The van der Waals surface area contributed by atoms with Crippen LogP contribution in [0.25, 0.3) is 88.4 Å². The third kappa shape index (κ3) is 3.99. The molecule has 9 aromatic carbocycles. The Morgan fingerprint density at radius 1 is 0.263 bits per heavy atom. The van der Waals surface area contributed by atoms with Gasteiger partial charge in [-0.25, -0.2) is 0 Å². The Bertz CT molecular complexity index is 3410. The van der Waals surface area contributed by atoms with Gasteiger partial charge in [-0.2, -0.15) is 0 Å². The fourth-order valence-corrected chi connectivity index (χ4v) is 10.6. The van der Waals surface area contributed by atoms with E-state index in [9.17, 15) is 0 Å². The highest BCUT2D eigenvalue weighted by Crippen LogP contribution is 2.63. The third-order valence-corrected chi connectivity index (χ3v) is 12.9. The molecule has 57 heavy (non-hydrogen) atoms. The zero-order chi connectivity index (χ0) is 37.2. The first-order valence-corrected chi connectivity index (χ1v) is 19.9. The number of aromatic nitrogens is 2. The van der Waals surface area contributed by atoms with E-state index in [1.165, 1.54) is 105 Å². The van der Waals surface area contributed by atoms with Gasteiger partial charge in [0.25, 0.3) is 0 Å². The van der Waals surface area contributed by atoms with Gasteiger partial charge in [0.1, 0.15) is 0 Å². The van der Waals surface area contributed by atoms with Gasteiger partial charge < -0.3 is 9.13 Å². The molecule has 0 N–H and O–H groups in total. The molecule has 2 aliphatic rings. The Balaban J connectivity index is 1.09. The zero-order valence-corrected chi connectivity index (χ0v) is 31.0. The number of nitrogens with zero attached hydrogens (tertiary/aromatic N) is 2. The van der Waals surface area contributed by atoms with Crippen molar-refractivity contribution in [2.75, 3.05) is 0 Å². The maximum Gasteiger partial charge on any atom is 0.0726 e. The van der Waals surface area contributed by atoms with Crippen molar-refractivity contribution < 1.29 is 0 Å². The van der Waals surface area contributed by atoms with Crippen LogP contribution in [0.3, 0.4) is 0 Å². The van der Waals surface area contributed by atoms with Crippen LogP contribution in [-0.2, 0) is 5.41 Å². The highest BCUT2D eigenvalue weighted by molar-refractivity contribution is 6.14. The van der Waals surface area contributed by atoms with Gasteiger partial charge in [-0.15, -0.1) is 0 Å². The Labute approximate surface area is 330 Å². The Hall–Kier alpha value is -7.42. The Morgan fingerprint density at radius 2 is 0.719 bits per heavy atom. The van der Waals surface area contributed by atoms with Gasteiger partial charge in [-0.05, 0) is 116 Å². The molecule has 0 fully saturated rings. The molecule has 2 heteroatoms. The number of benzene rings is 9. The average Bonchev–Trinajstić information content (AvgIpc) is 3.97. The standard InChI is InChI=1S/C55H34N2/c1-3-15-37(16-4-1)56-51-26-14-10-22-42(51)45-31-35(28-30-52(45)56)36-27-29-43-46-33-44-41-21-9-13-25-49(41)55(47-23-11-7-19-39(47)40-20-8-12-24-48(40)55)50(44)34-54(46)57(53(43)32-36)38-17-5-2-6-18-38/h1-34H. The summed E-state index contributed by atoms with van der Waals surface area (Å²) in [6.07, 6.45) is 0. The molecule has 11 aromatic rings. The first-order chi connectivity index (χ1) is 28.3. The summed E-state index contributed by atoms with van der Waals surface area (Å²) in [4.78, 5) is 0. The number of rotatable bonds is 3. The largest absolute Gasteiger partial charge is 0.309 e. The highest BCUT2D eigenvalue weighted by Gasteiger charge is 2.51. The summed E-state index contributed by atoms with van der Waals surface area (Å²) < 4.78 is 4.88. The fraction of sp³-hybridized carbons (Fsp3) is 0.0182. The van der Waals surface area contributed by atoms with Gasteiger partial charge in [0.15, 0.2) is 0 Å². The monoisotopic (exact) mass is 722 g/mol. The van der Waals surface area contributed by atoms with Crippen molar-refractivity contribution in [1.29, 1.82) is 0 Å². The molecule has 0 unspecified atom stereocenters. The van der Waals surface area contributed by atoms with Gasteiger partial charge in [0.2, 0.25) is 0 Å². The van der Waals surface area contributed by atoms with E-state index in [1.54, 1.807) is 0 Å². The Morgan fingerprint density at radius 3 is 1.39 bits per heavy atom. The second kappa shape index (κ2) is 11.3. The summed E-state index contributed by atoms with van der Waals surface area (Å²) in [5.41, 5.74) is 20.0. The van der Waals surface area contributed by atoms with Gasteiger partial charge in [-0.1, -0.05) is 146 Å². The van der Waals surface area contributed by atoms with E-state index in [4.69, 9.17) is 0 Å². The second-order valence-electron chi connectivity index (χ2n) is 15.6. The van der Waals surface area contributed by atoms with E-state index < -0.39 is 5.41 Å². The van der Waals surface area contributed by atoms with Crippen LogP contribution in [0.15, 0.2) is 206 Å². The second-order valence-corrected chi connectivity index (χ2v) is 15.6. The van der Waals surface area contributed by atoms with Crippen molar-refractivity contribution in [1.82, 2.24) is 9.13 Å². The molecule has 0 atom stereocenters. The van der Waals surface area contributed by atoms with Gasteiger partial charge in [0.05, 0.1) is 27.5 Å². The van der Waals surface area contributed by atoms with Crippen LogP contribution >= 0.6 is 0 Å². The number of para-hydroxylation sites is 3. The minimum atomic E-state index is -0.398. The van der Waals surface area contributed by atoms with Crippen molar-refractivity contribution in [3.05, 3.63) is 229 Å². The predicted octanol–water partition coefficient (Wildman–Crippen LogP) is 13.9. The van der Waals surface area contributed by atoms with E-state index in [1.807, 2.05) is 0 Å². The van der Waals surface area contributed by atoms with Gasteiger partial charge in [-0.3, -0.25) is 0 Å². The van der Waals surface area contributed by atoms with E-state index in [2.05, 4.69) is 215 Å². The topological polar surface area (TPSA) is 9.86 Å². The van der Waals surface area contributed by atoms with Crippen LogP contribution in [0, 0.1) is 0 Å². The molecule has 1 spiro atoms. The maximum absolute atomic E-state index is 2.53. The van der Waals surface area contributed by atoms with E-state index in [0.29, 0.717) is 0 Å². The van der Waals surface area contributed by atoms with Crippen LogP contribution in [0.2, 0.25) is 0 Å². The van der Waals surface area contributed by atoms with Gasteiger partial charge in [0, 0.05) is 32.9 Å². The number of fused-ring (bicyclic) bond motifs is 16. The minimum absolute atomic E-state index is 0.398. The lowest BCUT2D eigenvalue weighted by atomic mass is 9.70. The summed E-state index contributed by atoms with van der Waals surface area (Å²) in [7, 11) is 0. The van der Waals surface area contributed by atoms with Crippen molar-refractivity contribution in [3.8, 4) is 44.8 Å². The van der Waals surface area contributed by atoms with Gasteiger partial charge >= 0.3 is 0 Å². The zero-order valence-electron chi connectivity index (χ0n) is 31.0. The molecule has 0 bridgehead atoms. The lowest BCUT2D eigenvalue weighted by Crippen LogP contribution is -2.25. The third-order valence-electron chi connectivity index (χ3n) is 12.9. The van der Waals surface area contributed by atoms with E-state index >= 15 is 0 Å². The van der Waals surface area contributed by atoms with Crippen LogP contribution in [0.5, 0.6) is 0 Å². The van der Waals surface area contributed by atoms with Crippen LogP contribution in [0.1, 0.15) is 22.3 Å². The number of hydrogen-bond acceptors (Lipinski definition) is 0. The first kappa shape index (κ1) is 30.9. The first-order valence-electron chi connectivity index (χ1n) is 19.9. The molecule has 0 aliphatic heterocycles. The Kier molecular flexibility index (Phi) is 6.13. The molecule has 0 saturated heterocycles. The molecular weight excluding hydrogens is 689 g/mol. The minimum Gasteiger partial charge on any atom is -0.309 e. The predicted molar refractivity (Wildman–Crippen MR) is 237 cm³/mol. The molecule has 2 aliphatic carbocycles. The number of hydrogen-bond donors (Lipinski definition) is 0. The molecule has 0 amide bonds. The van der Waals surface area contributed by atoms with Crippen molar-refractivity contribution in [3.63, 3.8) is 0 Å². The molecule has 0 saturated carbocycles. The molecular formula is C55H34N2.